The van der Waals surface area contributed by atoms with Gasteiger partial charge in [0, 0.05) is 0 Å². The molecule has 3 nitrogen and oxygen atoms in total. The lowest BCUT2D eigenvalue weighted by molar-refractivity contribution is -0.130. The van der Waals surface area contributed by atoms with Crippen LogP contribution in [0.4, 0.5) is 0 Å². The van der Waals surface area contributed by atoms with E-state index in [4.69, 9.17) is 10.5 Å². The maximum atomic E-state index is 11.5. The number of benzene rings is 1. The van der Waals surface area contributed by atoms with Crippen molar-refractivity contribution in [2.45, 2.75) is 90.3 Å². The van der Waals surface area contributed by atoms with Crippen LogP contribution in [-0.4, -0.2) is 12.0 Å². The number of rotatable bonds is 15. The van der Waals surface area contributed by atoms with Gasteiger partial charge in [0.15, 0.2) is 0 Å². The Kier molecular flexibility index (Phi) is 12.1. The molecule has 1 amide bonds. The summed E-state index contributed by atoms with van der Waals surface area (Å²) in [5, 5.41) is 0. The highest BCUT2D eigenvalue weighted by Crippen LogP contribution is 2.14. The summed E-state index contributed by atoms with van der Waals surface area (Å²) in [5.74, 6) is -0.346. The van der Waals surface area contributed by atoms with Gasteiger partial charge in [-0.1, -0.05) is 101 Å². The molecule has 24 heavy (non-hydrogen) atoms. The Morgan fingerprint density at radius 3 is 2.00 bits per heavy atom. The summed E-state index contributed by atoms with van der Waals surface area (Å²) in [5.41, 5.74) is 6.53. The van der Waals surface area contributed by atoms with Gasteiger partial charge in [0.1, 0.15) is 6.10 Å². The summed E-state index contributed by atoms with van der Waals surface area (Å²) in [6.07, 6.45) is 13.2. The summed E-state index contributed by atoms with van der Waals surface area (Å²) in [4.78, 5) is 11.5. The van der Waals surface area contributed by atoms with Crippen molar-refractivity contribution in [1.82, 2.24) is 0 Å². The number of ether oxygens (including phenoxy) is 1. The van der Waals surface area contributed by atoms with E-state index in [1.165, 1.54) is 51.4 Å². The molecule has 0 aliphatic heterocycles. The number of carbonyl (C=O) groups excluding carboxylic acids is 1. The molecule has 0 saturated heterocycles. The van der Waals surface area contributed by atoms with Crippen molar-refractivity contribution in [2.24, 2.45) is 5.73 Å². The van der Waals surface area contributed by atoms with Gasteiger partial charge in [-0.05, 0) is 12.0 Å². The van der Waals surface area contributed by atoms with Gasteiger partial charge in [-0.15, -0.1) is 0 Å². The van der Waals surface area contributed by atoms with Gasteiger partial charge in [0.25, 0.3) is 0 Å². The van der Waals surface area contributed by atoms with Crippen LogP contribution in [0.25, 0.3) is 0 Å². The van der Waals surface area contributed by atoms with Crippen LogP contribution in [0.5, 0.6) is 0 Å². The van der Waals surface area contributed by atoms with E-state index in [1.54, 1.807) is 0 Å². The van der Waals surface area contributed by atoms with Gasteiger partial charge < -0.3 is 10.5 Å². The Hall–Kier alpha value is -1.35. The number of nitrogens with two attached hydrogens (primary N) is 1. The number of primary amides is 1. The summed E-state index contributed by atoms with van der Waals surface area (Å²) in [6.45, 7) is 2.70. The molecule has 0 bridgehead atoms. The summed E-state index contributed by atoms with van der Waals surface area (Å²) >= 11 is 0. The van der Waals surface area contributed by atoms with E-state index in [0.717, 1.165) is 24.8 Å². The van der Waals surface area contributed by atoms with E-state index in [9.17, 15) is 4.79 Å². The van der Waals surface area contributed by atoms with Crippen LogP contribution in [0.3, 0.4) is 0 Å². The van der Waals surface area contributed by atoms with E-state index in [-0.39, 0.29) is 5.91 Å². The van der Waals surface area contributed by atoms with Crippen molar-refractivity contribution in [3.63, 3.8) is 0 Å². The van der Waals surface area contributed by atoms with E-state index < -0.39 is 6.10 Å². The lowest BCUT2D eigenvalue weighted by Gasteiger charge is -2.14. The number of amides is 1. The smallest absolute Gasteiger partial charge is 0.246 e. The first-order valence-corrected chi connectivity index (χ1v) is 9.69. The molecular formula is C21H35NO2. The number of unbranched alkanes of at least 4 members (excludes halogenated alkanes) is 9. The lowest BCUT2D eigenvalue weighted by atomic mass is 10.0. The van der Waals surface area contributed by atoms with Crippen molar-refractivity contribution < 1.29 is 9.53 Å². The molecule has 0 saturated carbocycles. The zero-order valence-electron chi connectivity index (χ0n) is 15.3. The van der Waals surface area contributed by atoms with E-state index in [2.05, 4.69) is 6.92 Å². The Bertz CT molecular complexity index is 419. The molecule has 0 aliphatic rings. The Labute approximate surface area is 148 Å². The molecule has 1 rings (SSSR count). The first-order chi connectivity index (χ1) is 11.7. The first-order valence-electron chi connectivity index (χ1n) is 9.69. The van der Waals surface area contributed by atoms with Crippen molar-refractivity contribution in [3.8, 4) is 0 Å². The maximum Gasteiger partial charge on any atom is 0.246 e. The van der Waals surface area contributed by atoms with Crippen LogP contribution in [0, 0.1) is 0 Å². The van der Waals surface area contributed by atoms with Gasteiger partial charge in [-0.25, -0.2) is 0 Å². The second-order valence-corrected chi connectivity index (χ2v) is 6.66. The Morgan fingerprint density at radius 2 is 1.46 bits per heavy atom. The van der Waals surface area contributed by atoms with Crippen molar-refractivity contribution in [1.29, 1.82) is 0 Å². The maximum absolute atomic E-state index is 11.5. The molecule has 0 radical (unpaired) electrons. The van der Waals surface area contributed by atoms with Crippen molar-refractivity contribution in [2.75, 3.05) is 0 Å². The molecular weight excluding hydrogens is 298 g/mol. The van der Waals surface area contributed by atoms with Gasteiger partial charge in [0.2, 0.25) is 5.91 Å². The molecule has 1 aromatic rings. The first kappa shape index (κ1) is 20.7. The highest BCUT2D eigenvalue weighted by Gasteiger charge is 2.15. The van der Waals surface area contributed by atoms with Crippen molar-refractivity contribution in [3.05, 3.63) is 35.9 Å². The largest absolute Gasteiger partial charge is 0.367 e. The van der Waals surface area contributed by atoms with Crippen LogP contribution < -0.4 is 5.73 Å². The third-order valence-corrected chi connectivity index (χ3v) is 4.43. The Balaban J connectivity index is 2.04. The third kappa shape index (κ3) is 10.4. The van der Waals surface area contributed by atoms with Crippen LogP contribution in [0.15, 0.2) is 30.3 Å². The zero-order chi connectivity index (χ0) is 17.5. The predicted octanol–water partition coefficient (Wildman–Crippen LogP) is 5.37. The lowest BCUT2D eigenvalue weighted by Crippen LogP contribution is -2.31. The van der Waals surface area contributed by atoms with E-state index in [0.29, 0.717) is 6.61 Å². The quantitative estimate of drug-likeness (QED) is 0.439. The number of hydrogen-bond donors (Lipinski definition) is 1. The molecule has 0 spiro atoms. The van der Waals surface area contributed by atoms with E-state index in [1.807, 2.05) is 30.3 Å². The SMILES string of the molecule is CCCCCCCCCCCC[C@@H](OCc1ccccc1)C(N)=O. The molecule has 0 aliphatic carbocycles. The summed E-state index contributed by atoms with van der Waals surface area (Å²) in [6, 6.07) is 9.91. The molecule has 3 heteroatoms. The average Bonchev–Trinajstić information content (AvgIpc) is 2.59. The zero-order valence-corrected chi connectivity index (χ0v) is 15.3. The molecule has 136 valence electrons. The average molecular weight is 334 g/mol. The minimum Gasteiger partial charge on any atom is -0.367 e. The standard InChI is InChI=1S/C21H35NO2/c1-2-3-4-5-6-7-8-9-10-14-17-20(21(22)23)24-18-19-15-12-11-13-16-19/h11-13,15-16,20H,2-10,14,17-18H2,1H3,(H2,22,23)/t20-/m1/s1. The normalized spacial score (nSPS) is 12.2. The van der Waals surface area contributed by atoms with Crippen LogP contribution in [-0.2, 0) is 16.1 Å². The number of hydrogen-bond acceptors (Lipinski definition) is 2. The molecule has 2 N–H and O–H groups in total. The highest BCUT2D eigenvalue weighted by molar-refractivity contribution is 5.78. The van der Waals surface area contributed by atoms with Crippen LogP contribution in [0.1, 0.15) is 83.1 Å². The molecule has 0 heterocycles. The fourth-order valence-corrected chi connectivity index (χ4v) is 2.90. The summed E-state index contributed by atoms with van der Waals surface area (Å²) < 4.78 is 5.70. The fraction of sp³-hybridized carbons (Fsp3) is 0.667. The second kappa shape index (κ2) is 14.0. The highest BCUT2D eigenvalue weighted by atomic mass is 16.5. The van der Waals surface area contributed by atoms with Gasteiger partial charge in [0.05, 0.1) is 6.61 Å². The van der Waals surface area contributed by atoms with E-state index >= 15 is 0 Å². The predicted molar refractivity (Wildman–Crippen MR) is 101 cm³/mol. The van der Waals surface area contributed by atoms with Crippen LogP contribution in [0.2, 0.25) is 0 Å². The third-order valence-electron chi connectivity index (χ3n) is 4.43. The molecule has 0 unspecified atom stereocenters. The van der Waals surface area contributed by atoms with Crippen molar-refractivity contribution >= 4 is 5.91 Å². The second-order valence-electron chi connectivity index (χ2n) is 6.66. The molecule has 1 aromatic carbocycles. The minimum atomic E-state index is -0.459. The minimum absolute atomic E-state index is 0.346. The number of carbonyl (C=O) groups is 1. The van der Waals surface area contributed by atoms with Gasteiger partial charge in [-0.2, -0.15) is 0 Å². The van der Waals surface area contributed by atoms with Gasteiger partial charge >= 0.3 is 0 Å². The molecule has 0 fully saturated rings. The summed E-state index contributed by atoms with van der Waals surface area (Å²) in [7, 11) is 0. The topological polar surface area (TPSA) is 52.3 Å². The van der Waals surface area contributed by atoms with Gasteiger partial charge in [-0.3, -0.25) is 4.79 Å². The Morgan fingerprint density at radius 1 is 0.917 bits per heavy atom. The molecule has 1 atom stereocenters. The monoisotopic (exact) mass is 333 g/mol. The fourth-order valence-electron chi connectivity index (χ4n) is 2.90. The molecule has 0 aromatic heterocycles. The van der Waals surface area contributed by atoms with Crippen LogP contribution >= 0.6 is 0 Å².